The lowest BCUT2D eigenvalue weighted by Crippen LogP contribution is -2.48. The van der Waals surface area contributed by atoms with Crippen LogP contribution >= 0.6 is 0 Å². The maximum Gasteiger partial charge on any atom is 0.431 e. The molecule has 2 rings (SSSR count). The van der Waals surface area contributed by atoms with Gasteiger partial charge >= 0.3 is 18.1 Å². The second-order valence-electron chi connectivity index (χ2n) is 6.04. The fourth-order valence-electron chi connectivity index (χ4n) is 3.64. The standard InChI is InChI=1S/C13H15F5O4/c1-12(14,15)11(13(16,17)18)22-10(21)8-6-3-2-5(4-6)7(8)9(19)20/h5-8,11H,2-4H2,1H3,(H,19,20). The maximum absolute atomic E-state index is 13.1. The lowest BCUT2D eigenvalue weighted by Gasteiger charge is -2.30. The molecule has 0 aromatic carbocycles. The van der Waals surface area contributed by atoms with E-state index in [2.05, 4.69) is 4.74 Å². The Morgan fingerprint density at radius 1 is 1.09 bits per heavy atom. The van der Waals surface area contributed by atoms with Gasteiger partial charge in [-0.3, -0.25) is 9.59 Å². The highest BCUT2D eigenvalue weighted by molar-refractivity contribution is 5.83. The van der Waals surface area contributed by atoms with E-state index < -0.39 is 47.9 Å². The number of alkyl halides is 5. The first-order chi connectivity index (χ1) is 9.93. The first-order valence-corrected chi connectivity index (χ1v) is 6.80. The lowest BCUT2D eigenvalue weighted by atomic mass is 9.79. The van der Waals surface area contributed by atoms with Crippen molar-refractivity contribution in [3.63, 3.8) is 0 Å². The zero-order valence-electron chi connectivity index (χ0n) is 11.6. The first kappa shape index (κ1) is 17.0. The molecule has 1 N–H and O–H groups in total. The number of carboxylic acid groups (broad SMARTS) is 1. The molecule has 2 fully saturated rings. The normalized spacial score (nSPS) is 32.8. The summed E-state index contributed by atoms with van der Waals surface area (Å²) in [5.41, 5.74) is 0. The van der Waals surface area contributed by atoms with Gasteiger partial charge in [-0.25, -0.2) is 8.78 Å². The van der Waals surface area contributed by atoms with E-state index in [4.69, 9.17) is 5.11 Å². The molecule has 126 valence electrons. The van der Waals surface area contributed by atoms with Crippen LogP contribution in [0, 0.1) is 23.7 Å². The minimum absolute atomic E-state index is 0.00785. The van der Waals surface area contributed by atoms with E-state index in [-0.39, 0.29) is 12.8 Å². The highest BCUT2D eigenvalue weighted by atomic mass is 19.4. The van der Waals surface area contributed by atoms with Crippen molar-refractivity contribution in [2.45, 2.75) is 44.4 Å². The Morgan fingerprint density at radius 2 is 1.59 bits per heavy atom. The molecular weight excluding hydrogens is 315 g/mol. The predicted octanol–water partition coefficient (Wildman–Crippen LogP) is 2.86. The summed E-state index contributed by atoms with van der Waals surface area (Å²) >= 11 is 0. The average molecular weight is 330 g/mol. The number of aliphatic carboxylic acids is 1. The van der Waals surface area contributed by atoms with Crippen molar-refractivity contribution >= 4 is 11.9 Å². The van der Waals surface area contributed by atoms with Crippen LogP contribution in [-0.2, 0) is 14.3 Å². The van der Waals surface area contributed by atoms with E-state index in [1.54, 1.807) is 0 Å². The van der Waals surface area contributed by atoms with Gasteiger partial charge in [0.05, 0.1) is 11.8 Å². The molecule has 0 saturated heterocycles. The van der Waals surface area contributed by atoms with E-state index in [0.29, 0.717) is 19.3 Å². The van der Waals surface area contributed by atoms with Gasteiger partial charge in [-0.15, -0.1) is 0 Å². The molecule has 0 spiro atoms. The predicted molar refractivity (Wildman–Crippen MR) is 62.0 cm³/mol. The molecule has 22 heavy (non-hydrogen) atoms. The van der Waals surface area contributed by atoms with Crippen LogP contribution in [0.25, 0.3) is 0 Å². The molecule has 2 aliphatic rings. The number of hydrogen-bond donors (Lipinski definition) is 1. The number of hydrogen-bond acceptors (Lipinski definition) is 3. The Labute approximate surface area is 122 Å². The number of ether oxygens (including phenoxy) is 1. The molecule has 0 heterocycles. The van der Waals surface area contributed by atoms with Crippen LogP contribution in [0.2, 0.25) is 0 Å². The van der Waals surface area contributed by atoms with Gasteiger partial charge in [0.15, 0.2) is 0 Å². The Bertz CT molecular complexity index is 456. The Balaban J connectivity index is 2.18. The largest absolute Gasteiger partial charge is 0.481 e. The highest BCUT2D eigenvalue weighted by Crippen LogP contribution is 2.53. The summed E-state index contributed by atoms with van der Waals surface area (Å²) in [6.07, 6.45) is -7.54. The van der Waals surface area contributed by atoms with Crippen LogP contribution in [0.5, 0.6) is 0 Å². The van der Waals surface area contributed by atoms with Crippen molar-refractivity contribution in [1.82, 2.24) is 0 Å². The van der Waals surface area contributed by atoms with Gasteiger partial charge in [0.25, 0.3) is 12.0 Å². The van der Waals surface area contributed by atoms with Gasteiger partial charge in [0.2, 0.25) is 0 Å². The summed E-state index contributed by atoms with van der Waals surface area (Å²) in [6.45, 7) is 0.00785. The van der Waals surface area contributed by atoms with Crippen LogP contribution in [0.4, 0.5) is 22.0 Å². The minimum atomic E-state index is -5.43. The first-order valence-electron chi connectivity index (χ1n) is 6.80. The third-order valence-corrected chi connectivity index (χ3v) is 4.47. The summed E-state index contributed by atoms with van der Waals surface area (Å²) < 4.78 is 68.0. The monoisotopic (exact) mass is 330 g/mol. The number of rotatable bonds is 4. The summed E-state index contributed by atoms with van der Waals surface area (Å²) in [4.78, 5) is 23.1. The van der Waals surface area contributed by atoms with Gasteiger partial charge in [-0.05, 0) is 31.1 Å². The molecule has 2 saturated carbocycles. The van der Waals surface area contributed by atoms with Crippen LogP contribution in [0.1, 0.15) is 26.2 Å². The minimum Gasteiger partial charge on any atom is -0.481 e. The third kappa shape index (κ3) is 3.03. The summed E-state index contributed by atoms with van der Waals surface area (Å²) in [7, 11) is 0. The van der Waals surface area contributed by atoms with E-state index in [1.807, 2.05) is 0 Å². The average Bonchev–Trinajstić information content (AvgIpc) is 2.92. The topological polar surface area (TPSA) is 63.6 Å². The quantitative estimate of drug-likeness (QED) is 0.636. The van der Waals surface area contributed by atoms with Crippen molar-refractivity contribution in [2.75, 3.05) is 0 Å². The number of fused-ring (bicyclic) bond motifs is 2. The van der Waals surface area contributed by atoms with Gasteiger partial charge in [0.1, 0.15) is 0 Å². The Hall–Kier alpha value is -1.41. The molecule has 2 bridgehead atoms. The smallest absolute Gasteiger partial charge is 0.431 e. The SMILES string of the molecule is CC(F)(F)C(OC(=O)C1C2CCC(C2)C1C(=O)O)C(F)(F)F. The zero-order valence-corrected chi connectivity index (χ0v) is 11.6. The molecule has 2 aliphatic carbocycles. The van der Waals surface area contributed by atoms with Crippen molar-refractivity contribution in [1.29, 1.82) is 0 Å². The highest BCUT2D eigenvalue weighted by Gasteiger charge is 2.60. The maximum atomic E-state index is 13.1. The molecule has 0 aliphatic heterocycles. The van der Waals surface area contributed by atoms with E-state index in [0.717, 1.165) is 0 Å². The Kier molecular flexibility index (Phi) is 4.12. The number of esters is 1. The van der Waals surface area contributed by atoms with Crippen LogP contribution in [-0.4, -0.2) is 35.2 Å². The van der Waals surface area contributed by atoms with E-state index >= 15 is 0 Å². The number of carbonyl (C=O) groups excluding carboxylic acids is 1. The molecule has 9 heteroatoms. The van der Waals surface area contributed by atoms with E-state index in [1.165, 1.54) is 0 Å². The van der Waals surface area contributed by atoms with Crippen molar-refractivity contribution in [3.05, 3.63) is 0 Å². The zero-order chi connectivity index (χ0) is 16.9. The van der Waals surface area contributed by atoms with Gasteiger partial charge in [-0.2, -0.15) is 13.2 Å². The molecule has 0 amide bonds. The second kappa shape index (κ2) is 5.34. The molecule has 0 aromatic rings. The van der Waals surface area contributed by atoms with Gasteiger partial charge < -0.3 is 9.84 Å². The molecule has 0 aromatic heterocycles. The van der Waals surface area contributed by atoms with Crippen LogP contribution in [0.15, 0.2) is 0 Å². The van der Waals surface area contributed by atoms with Gasteiger partial charge in [0, 0.05) is 6.92 Å². The number of carbonyl (C=O) groups is 2. The van der Waals surface area contributed by atoms with Crippen LogP contribution < -0.4 is 0 Å². The molecule has 5 unspecified atom stereocenters. The number of carboxylic acids is 1. The van der Waals surface area contributed by atoms with Crippen molar-refractivity contribution < 1.29 is 41.4 Å². The summed E-state index contributed by atoms with van der Waals surface area (Å²) in [5, 5.41) is 9.13. The molecule has 5 atom stereocenters. The summed E-state index contributed by atoms with van der Waals surface area (Å²) in [5.74, 6) is -10.3. The van der Waals surface area contributed by atoms with E-state index in [9.17, 15) is 31.5 Å². The van der Waals surface area contributed by atoms with Gasteiger partial charge in [-0.1, -0.05) is 0 Å². The van der Waals surface area contributed by atoms with Crippen molar-refractivity contribution in [2.24, 2.45) is 23.7 Å². The molecular formula is C13H15F5O4. The third-order valence-electron chi connectivity index (χ3n) is 4.47. The Morgan fingerprint density at radius 3 is 2.00 bits per heavy atom. The summed E-state index contributed by atoms with van der Waals surface area (Å²) in [6, 6.07) is 0. The fourth-order valence-corrected chi connectivity index (χ4v) is 3.64. The van der Waals surface area contributed by atoms with Crippen molar-refractivity contribution in [3.8, 4) is 0 Å². The lowest BCUT2D eigenvalue weighted by molar-refractivity contribution is -0.275. The molecule has 4 nitrogen and oxygen atoms in total. The second-order valence-corrected chi connectivity index (χ2v) is 6.04. The fraction of sp³-hybridized carbons (Fsp3) is 0.846. The van der Waals surface area contributed by atoms with Crippen LogP contribution in [0.3, 0.4) is 0 Å². The molecule has 0 radical (unpaired) electrons. The number of halogens is 5.